The standard InChI is InChI=1S/C14H23N3/c1-10-3-2-4-11(7-10)9-17-12-5-6-13(15)14(16)8-12/h5-6,8,10-11,17H,2-4,7,9,15-16H2,1H3. The van der Waals surface area contributed by atoms with E-state index in [2.05, 4.69) is 12.2 Å². The van der Waals surface area contributed by atoms with Crippen LogP contribution in [0.5, 0.6) is 0 Å². The molecule has 0 heterocycles. The fourth-order valence-corrected chi connectivity index (χ4v) is 2.69. The van der Waals surface area contributed by atoms with Crippen LogP contribution < -0.4 is 16.8 Å². The highest BCUT2D eigenvalue weighted by atomic mass is 14.9. The fraction of sp³-hybridized carbons (Fsp3) is 0.571. The maximum absolute atomic E-state index is 5.79. The van der Waals surface area contributed by atoms with Gasteiger partial charge in [-0.2, -0.15) is 0 Å². The van der Waals surface area contributed by atoms with Gasteiger partial charge in [0.05, 0.1) is 11.4 Å². The molecular weight excluding hydrogens is 210 g/mol. The van der Waals surface area contributed by atoms with Gasteiger partial charge in [-0.3, -0.25) is 0 Å². The molecule has 94 valence electrons. The van der Waals surface area contributed by atoms with Crippen LogP contribution in [0.15, 0.2) is 18.2 Å². The Balaban J connectivity index is 1.86. The topological polar surface area (TPSA) is 64.1 Å². The molecule has 1 aromatic rings. The summed E-state index contributed by atoms with van der Waals surface area (Å²) in [5.74, 6) is 1.68. The first-order valence-electron chi connectivity index (χ1n) is 6.54. The third-order valence-corrected chi connectivity index (χ3v) is 3.73. The zero-order valence-corrected chi connectivity index (χ0v) is 10.6. The Morgan fingerprint density at radius 1 is 1.24 bits per heavy atom. The summed E-state index contributed by atoms with van der Waals surface area (Å²) < 4.78 is 0. The van der Waals surface area contributed by atoms with Gasteiger partial charge < -0.3 is 16.8 Å². The van der Waals surface area contributed by atoms with E-state index in [9.17, 15) is 0 Å². The molecule has 0 aliphatic heterocycles. The minimum atomic E-state index is 0.654. The molecule has 1 aliphatic rings. The Morgan fingerprint density at radius 3 is 2.76 bits per heavy atom. The second kappa shape index (κ2) is 5.30. The van der Waals surface area contributed by atoms with Crippen molar-refractivity contribution in [3.8, 4) is 0 Å². The summed E-state index contributed by atoms with van der Waals surface area (Å²) in [7, 11) is 0. The minimum Gasteiger partial charge on any atom is -0.397 e. The van der Waals surface area contributed by atoms with Crippen molar-refractivity contribution in [2.24, 2.45) is 11.8 Å². The Morgan fingerprint density at radius 2 is 2.06 bits per heavy atom. The first-order valence-corrected chi connectivity index (χ1v) is 6.54. The average Bonchev–Trinajstić information content (AvgIpc) is 2.31. The van der Waals surface area contributed by atoms with Crippen LogP contribution >= 0.6 is 0 Å². The molecule has 0 aromatic heterocycles. The van der Waals surface area contributed by atoms with Gasteiger partial charge in [0.2, 0.25) is 0 Å². The van der Waals surface area contributed by atoms with Crippen LogP contribution in [0.2, 0.25) is 0 Å². The van der Waals surface area contributed by atoms with E-state index in [4.69, 9.17) is 11.5 Å². The third kappa shape index (κ3) is 3.29. The van der Waals surface area contributed by atoms with Crippen LogP contribution in [0.25, 0.3) is 0 Å². The van der Waals surface area contributed by atoms with E-state index in [0.717, 1.165) is 24.1 Å². The molecule has 0 bridgehead atoms. The maximum atomic E-state index is 5.79. The van der Waals surface area contributed by atoms with Gasteiger partial charge in [-0.1, -0.05) is 19.8 Å². The maximum Gasteiger partial charge on any atom is 0.0568 e. The molecule has 1 aromatic carbocycles. The van der Waals surface area contributed by atoms with Crippen molar-refractivity contribution in [2.45, 2.75) is 32.6 Å². The summed E-state index contributed by atoms with van der Waals surface area (Å²) >= 11 is 0. The van der Waals surface area contributed by atoms with E-state index in [1.54, 1.807) is 0 Å². The number of nitrogen functional groups attached to an aromatic ring is 2. The number of benzene rings is 1. The van der Waals surface area contributed by atoms with Gasteiger partial charge in [0, 0.05) is 12.2 Å². The third-order valence-electron chi connectivity index (χ3n) is 3.73. The molecule has 0 spiro atoms. The van der Waals surface area contributed by atoms with E-state index in [1.807, 2.05) is 18.2 Å². The Labute approximate surface area is 104 Å². The molecule has 0 saturated heterocycles. The molecule has 2 rings (SSSR count). The van der Waals surface area contributed by atoms with Crippen LogP contribution in [0, 0.1) is 11.8 Å². The summed E-state index contributed by atoms with van der Waals surface area (Å²) in [5, 5.41) is 3.47. The summed E-state index contributed by atoms with van der Waals surface area (Å²) in [6, 6.07) is 5.78. The van der Waals surface area contributed by atoms with E-state index >= 15 is 0 Å². The summed E-state index contributed by atoms with van der Waals surface area (Å²) in [5.41, 5.74) is 13.9. The summed E-state index contributed by atoms with van der Waals surface area (Å²) in [4.78, 5) is 0. The summed E-state index contributed by atoms with van der Waals surface area (Å²) in [6.07, 6.45) is 5.46. The van der Waals surface area contributed by atoms with Crippen molar-refractivity contribution in [3.05, 3.63) is 18.2 Å². The number of anilines is 3. The second-order valence-electron chi connectivity index (χ2n) is 5.36. The molecule has 1 saturated carbocycles. The second-order valence-corrected chi connectivity index (χ2v) is 5.36. The quantitative estimate of drug-likeness (QED) is 0.703. The zero-order chi connectivity index (χ0) is 12.3. The van der Waals surface area contributed by atoms with Gasteiger partial charge in [0.1, 0.15) is 0 Å². The molecule has 0 radical (unpaired) electrons. The number of nitrogens with one attached hydrogen (secondary N) is 1. The van der Waals surface area contributed by atoms with Crippen molar-refractivity contribution in [3.63, 3.8) is 0 Å². The normalized spacial score (nSPS) is 24.5. The Hall–Kier alpha value is -1.38. The lowest BCUT2D eigenvalue weighted by Gasteiger charge is -2.27. The van der Waals surface area contributed by atoms with Crippen molar-refractivity contribution >= 4 is 17.1 Å². The zero-order valence-electron chi connectivity index (χ0n) is 10.6. The lowest BCUT2D eigenvalue weighted by Crippen LogP contribution is -2.21. The first kappa shape index (κ1) is 12.1. The van der Waals surface area contributed by atoms with Crippen molar-refractivity contribution in [1.82, 2.24) is 0 Å². The Kier molecular flexibility index (Phi) is 3.77. The number of hydrogen-bond donors (Lipinski definition) is 3. The van der Waals surface area contributed by atoms with Crippen LogP contribution in [-0.4, -0.2) is 6.54 Å². The molecule has 1 fully saturated rings. The predicted octanol–water partition coefficient (Wildman–Crippen LogP) is 3.09. The van der Waals surface area contributed by atoms with Gasteiger partial charge in [0.25, 0.3) is 0 Å². The van der Waals surface area contributed by atoms with Crippen molar-refractivity contribution in [2.75, 3.05) is 23.3 Å². The highest BCUT2D eigenvalue weighted by Gasteiger charge is 2.18. The lowest BCUT2D eigenvalue weighted by molar-refractivity contribution is 0.293. The van der Waals surface area contributed by atoms with Crippen LogP contribution in [0.4, 0.5) is 17.1 Å². The number of rotatable bonds is 3. The monoisotopic (exact) mass is 233 g/mol. The highest BCUT2D eigenvalue weighted by Crippen LogP contribution is 2.29. The first-order chi connectivity index (χ1) is 8.15. The molecular formula is C14H23N3. The van der Waals surface area contributed by atoms with Gasteiger partial charge in [0.15, 0.2) is 0 Å². The van der Waals surface area contributed by atoms with E-state index in [0.29, 0.717) is 11.4 Å². The molecule has 0 amide bonds. The lowest BCUT2D eigenvalue weighted by atomic mass is 9.82. The van der Waals surface area contributed by atoms with Gasteiger partial charge in [-0.25, -0.2) is 0 Å². The molecule has 3 heteroatoms. The fourth-order valence-electron chi connectivity index (χ4n) is 2.69. The smallest absolute Gasteiger partial charge is 0.0568 e. The van der Waals surface area contributed by atoms with E-state index in [-0.39, 0.29) is 0 Å². The molecule has 2 atom stereocenters. The van der Waals surface area contributed by atoms with Crippen molar-refractivity contribution < 1.29 is 0 Å². The SMILES string of the molecule is CC1CCCC(CNc2ccc(N)c(N)c2)C1. The number of hydrogen-bond acceptors (Lipinski definition) is 3. The van der Waals surface area contributed by atoms with Crippen LogP contribution in [0.3, 0.4) is 0 Å². The van der Waals surface area contributed by atoms with Crippen molar-refractivity contribution in [1.29, 1.82) is 0 Å². The number of nitrogens with two attached hydrogens (primary N) is 2. The molecule has 1 aliphatic carbocycles. The van der Waals surface area contributed by atoms with Crippen LogP contribution in [-0.2, 0) is 0 Å². The van der Waals surface area contributed by atoms with Gasteiger partial charge in [-0.15, -0.1) is 0 Å². The van der Waals surface area contributed by atoms with Crippen LogP contribution in [0.1, 0.15) is 32.6 Å². The predicted molar refractivity (Wildman–Crippen MR) is 74.9 cm³/mol. The minimum absolute atomic E-state index is 0.654. The summed E-state index contributed by atoms with van der Waals surface area (Å²) in [6.45, 7) is 3.40. The van der Waals surface area contributed by atoms with E-state index in [1.165, 1.54) is 25.7 Å². The van der Waals surface area contributed by atoms with E-state index < -0.39 is 0 Å². The molecule has 5 N–H and O–H groups in total. The van der Waals surface area contributed by atoms with Gasteiger partial charge >= 0.3 is 0 Å². The largest absolute Gasteiger partial charge is 0.397 e. The van der Waals surface area contributed by atoms with Gasteiger partial charge in [-0.05, 0) is 42.9 Å². The molecule has 3 nitrogen and oxygen atoms in total. The molecule has 17 heavy (non-hydrogen) atoms. The highest BCUT2D eigenvalue weighted by molar-refractivity contribution is 5.69. The Bertz CT molecular complexity index is 376. The molecule has 2 unspecified atom stereocenters. The average molecular weight is 233 g/mol.